The van der Waals surface area contributed by atoms with Gasteiger partial charge in [0.2, 0.25) is 11.6 Å². The van der Waals surface area contributed by atoms with Gasteiger partial charge < -0.3 is 15.2 Å². The van der Waals surface area contributed by atoms with E-state index in [0.717, 1.165) is 0 Å². The third kappa shape index (κ3) is 1.20. The Morgan fingerprint density at radius 3 is 2.85 bits per heavy atom. The topological polar surface area (TPSA) is 94.1 Å². The van der Waals surface area contributed by atoms with E-state index in [9.17, 15) is 0 Å². The van der Waals surface area contributed by atoms with Crippen LogP contribution in [0.4, 0.5) is 5.82 Å². The summed E-state index contributed by atoms with van der Waals surface area (Å²) in [5.41, 5.74) is 5.51. The summed E-state index contributed by atoms with van der Waals surface area (Å²) in [5, 5.41) is 8.54. The predicted octanol–water partition coefficient (Wildman–Crippen LogP) is -0.298. The number of hydrogen-bond acceptors (Lipinski definition) is 6. The Kier molecular flexibility index (Phi) is 1.63. The van der Waals surface area contributed by atoms with Crippen LogP contribution >= 0.6 is 0 Å². The summed E-state index contributed by atoms with van der Waals surface area (Å²) < 4.78 is 10.3. The van der Waals surface area contributed by atoms with Crippen molar-refractivity contribution in [1.82, 2.24) is 9.97 Å². The van der Waals surface area contributed by atoms with Gasteiger partial charge in [0.05, 0.1) is 0 Å². The van der Waals surface area contributed by atoms with Crippen molar-refractivity contribution in [3.05, 3.63) is 5.82 Å². The molecule has 2 N–H and O–H groups in total. The number of nitriles is 1. The molecule has 0 atom stereocenters. The number of nitrogens with two attached hydrogens (primary N) is 1. The zero-order chi connectivity index (χ0) is 9.26. The molecule has 0 unspecified atom stereocenters. The van der Waals surface area contributed by atoms with Gasteiger partial charge in [0.25, 0.3) is 5.88 Å². The number of ether oxygens (including phenoxy) is 2. The van der Waals surface area contributed by atoms with E-state index in [2.05, 4.69) is 9.97 Å². The number of rotatable bonds is 0. The summed E-state index contributed by atoms with van der Waals surface area (Å²) in [6, 6.07) is 1.78. The van der Waals surface area contributed by atoms with Crippen LogP contribution in [0.5, 0.6) is 11.6 Å². The van der Waals surface area contributed by atoms with E-state index in [1.54, 1.807) is 6.07 Å². The molecule has 0 spiro atoms. The highest BCUT2D eigenvalue weighted by atomic mass is 16.6. The van der Waals surface area contributed by atoms with Crippen LogP contribution in [-0.4, -0.2) is 23.2 Å². The van der Waals surface area contributed by atoms with E-state index in [1.807, 2.05) is 0 Å². The fourth-order valence-electron chi connectivity index (χ4n) is 1.01. The zero-order valence-corrected chi connectivity index (χ0v) is 6.65. The Hall–Kier alpha value is -2.03. The summed E-state index contributed by atoms with van der Waals surface area (Å²) in [6.45, 7) is 0.834. The molecule has 1 aromatic heterocycles. The van der Waals surface area contributed by atoms with Crippen molar-refractivity contribution < 1.29 is 9.47 Å². The summed E-state index contributed by atoms with van der Waals surface area (Å²) >= 11 is 0. The van der Waals surface area contributed by atoms with Gasteiger partial charge in [-0.25, -0.2) is 0 Å². The highest BCUT2D eigenvalue weighted by Crippen LogP contribution is 2.32. The van der Waals surface area contributed by atoms with Gasteiger partial charge in [0.15, 0.2) is 5.82 Å². The highest BCUT2D eigenvalue weighted by molar-refractivity contribution is 5.53. The maximum absolute atomic E-state index is 8.54. The summed E-state index contributed by atoms with van der Waals surface area (Å²) in [5.74, 6) is 0.698. The lowest BCUT2D eigenvalue weighted by atomic mass is 10.4. The zero-order valence-electron chi connectivity index (χ0n) is 6.65. The summed E-state index contributed by atoms with van der Waals surface area (Å²) in [4.78, 5) is 7.50. The van der Waals surface area contributed by atoms with Crippen LogP contribution in [0.25, 0.3) is 0 Å². The molecule has 0 radical (unpaired) electrons. The maximum Gasteiger partial charge on any atom is 0.263 e. The molecule has 0 bridgehead atoms. The van der Waals surface area contributed by atoms with Gasteiger partial charge in [0, 0.05) is 0 Å². The second-order valence-corrected chi connectivity index (χ2v) is 2.38. The third-order valence-electron chi connectivity index (χ3n) is 1.53. The lowest BCUT2D eigenvalue weighted by molar-refractivity contribution is 0.164. The number of nitrogens with zero attached hydrogens (tertiary/aromatic N) is 3. The van der Waals surface area contributed by atoms with Gasteiger partial charge in [-0.3, -0.25) is 0 Å². The largest absolute Gasteiger partial charge is 0.482 e. The first-order valence-corrected chi connectivity index (χ1v) is 3.64. The molecule has 0 amide bonds. The minimum atomic E-state index is -0.0123. The van der Waals surface area contributed by atoms with Crippen LogP contribution in [0.1, 0.15) is 5.82 Å². The van der Waals surface area contributed by atoms with Gasteiger partial charge in [-0.15, -0.1) is 0 Å². The van der Waals surface area contributed by atoms with E-state index in [1.165, 1.54) is 0 Å². The second kappa shape index (κ2) is 2.79. The molecule has 13 heavy (non-hydrogen) atoms. The maximum atomic E-state index is 8.54. The Morgan fingerprint density at radius 1 is 1.31 bits per heavy atom. The SMILES string of the molecule is N#Cc1nc(N)c2c(n1)OCCO2. The third-order valence-corrected chi connectivity index (χ3v) is 1.53. The minimum Gasteiger partial charge on any atom is -0.482 e. The van der Waals surface area contributed by atoms with E-state index in [4.69, 9.17) is 20.5 Å². The molecular weight excluding hydrogens is 172 g/mol. The Balaban J connectivity index is 2.54. The van der Waals surface area contributed by atoms with Crippen molar-refractivity contribution in [2.75, 3.05) is 18.9 Å². The molecule has 2 heterocycles. The van der Waals surface area contributed by atoms with Crippen molar-refractivity contribution in [3.63, 3.8) is 0 Å². The molecule has 1 aliphatic heterocycles. The summed E-state index contributed by atoms with van der Waals surface area (Å²) in [7, 11) is 0. The number of aromatic nitrogens is 2. The average molecular weight is 178 g/mol. The van der Waals surface area contributed by atoms with Gasteiger partial charge in [-0.05, 0) is 0 Å². The smallest absolute Gasteiger partial charge is 0.263 e. The second-order valence-electron chi connectivity index (χ2n) is 2.38. The minimum absolute atomic E-state index is 0.0123. The van der Waals surface area contributed by atoms with Gasteiger partial charge in [-0.1, -0.05) is 0 Å². The van der Waals surface area contributed by atoms with Crippen LogP contribution in [0, 0.1) is 11.3 Å². The van der Waals surface area contributed by atoms with Crippen LogP contribution in [-0.2, 0) is 0 Å². The molecule has 0 aliphatic carbocycles. The highest BCUT2D eigenvalue weighted by Gasteiger charge is 2.18. The number of fused-ring (bicyclic) bond motifs is 1. The standard InChI is InChI=1S/C7H6N4O2/c8-3-4-10-6(9)5-7(11-4)13-2-1-12-5/h1-2H2,(H2,9,10,11). The Labute approximate surface area is 73.9 Å². The first kappa shape index (κ1) is 7.61. The van der Waals surface area contributed by atoms with Crippen LogP contribution in [0.15, 0.2) is 0 Å². The average Bonchev–Trinajstić information content (AvgIpc) is 2.18. The molecule has 1 aromatic rings. The van der Waals surface area contributed by atoms with Crippen molar-refractivity contribution >= 4 is 5.82 Å². The fraction of sp³-hybridized carbons (Fsp3) is 0.286. The van der Waals surface area contributed by atoms with Crippen molar-refractivity contribution in [2.24, 2.45) is 0 Å². The molecular formula is C7H6N4O2. The van der Waals surface area contributed by atoms with Crippen molar-refractivity contribution in [2.45, 2.75) is 0 Å². The van der Waals surface area contributed by atoms with Crippen LogP contribution in [0.2, 0.25) is 0 Å². The monoisotopic (exact) mass is 178 g/mol. The first-order chi connectivity index (χ1) is 6.31. The molecule has 0 aromatic carbocycles. The molecule has 0 saturated carbocycles. The quantitative estimate of drug-likeness (QED) is 0.586. The number of anilines is 1. The van der Waals surface area contributed by atoms with E-state index >= 15 is 0 Å². The van der Waals surface area contributed by atoms with Crippen LogP contribution in [0.3, 0.4) is 0 Å². The molecule has 0 saturated heterocycles. The summed E-state index contributed by atoms with van der Waals surface area (Å²) in [6.07, 6.45) is 0. The van der Waals surface area contributed by atoms with Crippen molar-refractivity contribution in [1.29, 1.82) is 5.26 Å². The van der Waals surface area contributed by atoms with Crippen LogP contribution < -0.4 is 15.2 Å². The van der Waals surface area contributed by atoms with Crippen molar-refractivity contribution in [3.8, 4) is 17.7 Å². The number of nitrogen functional groups attached to an aromatic ring is 1. The van der Waals surface area contributed by atoms with Gasteiger partial charge in [0.1, 0.15) is 19.3 Å². The van der Waals surface area contributed by atoms with E-state index < -0.39 is 0 Å². The Bertz CT molecular complexity index is 385. The Morgan fingerprint density at radius 2 is 2.08 bits per heavy atom. The molecule has 6 heteroatoms. The molecule has 0 fully saturated rings. The predicted molar refractivity (Wildman–Crippen MR) is 42.1 cm³/mol. The van der Waals surface area contributed by atoms with Gasteiger partial charge in [-0.2, -0.15) is 15.2 Å². The van der Waals surface area contributed by atoms with E-state index in [0.29, 0.717) is 19.0 Å². The first-order valence-electron chi connectivity index (χ1n) is 3.64. The molecule has 2 rings (SSSR count). The molecule has 1 aliphatic rings. The molecule has 66 valence electrons. The lowest BCUT2D eigenvalue weighted by Gasteiger charge is -2.17. The number of hydrogen-bond donors (Lipinski definition) is 1. The fourth-order valence-corrected chi connectivity index (χ4v) is 1.01. The normalized spacial score (nSPS) is 13.5. The van der Waals surface area contributed by atoms with E-state index in [-0.39, 0.29) is 17.5 Å². The van der Waals surface area contributed by atoms with Gasteiger partial charge >= 0.3 is 0 Å². The lowest BCUT2D eigenvalue weighted by Crippen LogP contribution is -2.18. The molecule has 6 nitrogen and oxygen atoms in total.